The van der Waals surface area contributed by atoms with Gasteiger partial charge in [-0.15, -0.1) is 0 Å². The van der Waals surface area contributed by atoms with E-state index in [4.69, 9.17) is 37.0 Å². The van der Waals surface area contributed by atoms with E-state index in [1.54, 1.807) is 0 Å². The van der Waals surface area contributed by atoms with Gasteiger partial charge in [-0.25, -0.2) is 9.13 Å². The number of esters is 4. The third-order valence-corrected chi connectivity index (χ3v) is 17.2. The Balaban J connectivity index is 5.42. The molecule has 0 aromatic carbocycles. The quantitative estimate of drug-likeness (QED) is 0.0169. The van der Waals surface area contributed by atoms with E-state index in [1.807, 2.05) is 12.2 Å². The van der Waals surface area contributed by atoms with Gasteiger partial charge in [-0.05, 0) is 135 Å². The molecule has 0 bridgehead atoms. The lowest BCUT2D eigenvalue weighted by Gasteiger charge is -2.21. The zero-order chi connectivity index (χ0) is 73.2. The standard InChI is InChI=1S/C81H134O17P2/c1-5-9-13-17-21-25-29-32-35-37-40-42-46-49-53-57-61-65-78(83)91-71-76(97-80(85)67-63-59-55-51-45-28-24-20-16-12-8-4)73-95-99(87,88)93-69-75(82)70-94-100(89,90)96-74-77(98-81(86)68-64-60-56-52-48-44-39-34-31-27-23-19-15-11-7-3)72-92-79(84)66-62-58-54-50-47-43-41-38-36-33-30-26-22-18-14-10-6-2/h9-11,13-15,21-23,25-27,32-36,39-43,49,53,75-77,82H,5-8,12,16-20,24,28-31,37-38,44-48,50-52,54-74H2,1-4H3,(H,87,88)(H,89,90)/b13-9-,14-10-,15-11-,25-21-,26-22-,27-23-,35-32-,36-33-,39-34-,42-40-,43-41-,53-49-. The highest BCUT2D eigenvalue weighted by Gasteiger charge is 2.30. The van der Waals surface area contributed by atoms with E-state index in [0.717, 1.165) is 161 Å². The smallest absolute Gasteiger partial charge is 0.462 e. The Morgan fingerprint density at radius 1 is 0.290 bits per heavy atom. The van der Waals surface area contributed by atoms with Crippen molar-refractivity contribution in [3.8, 4) is 0 Å². The van der Waals surface area contributed by atoms with Gasteiger partial charge >= 0.3 is 39.5 Å². The van der Waals surface area contributed by atoms with Crippen molar-refractivity contribution < 1.29 is 80.2 Å². The van der Waals surface area contributed by atoms with Crippen LogP contribution in [0.4, 0.5) is 0 Å². The summed E-state index contributed by atoms with van der Waals surface area (Å²) in [6.07, 6.45) is 81.3. The number of carbonyl (C=O) groups is 4. The average Bonchev–Trinajstić information content (AvgIpc) is 0.989. The number of rotatable bonds is 70. The molecule has 0 radical (unpaired) electrons. The number of ether oxygens (including phenoxy) is 4. The van der Waals surface area contributed by atoms with Gasteiger partial charge in [0.25, 0.3) is 0 Å². The molecular formula is C81H134O17P2. The minimum atomic E-state index is -4.99. The first kappa shape index (κ1) is 94.9. The predicted octanol–water partition coefficient (Wildman–Crippen LogP) is 21.9. The number of aliphatic hydroxyl groups is 1. The summed E-state index contributed by atoms with van der Waals surface area (Å²) in [7, 11) is -9.98. The average molecular weight is 1440 g/mol. The molecular weight excluding hydrogens is 1310 g/mol. The maximum absolute atomic E-state index is 13.1. The third-order valence-electron chi connectivity index (χ3n) is 15.3. The molecule has 0 aliphatic carbocycles. The van der Waals surface area contributed by atoms with Crippen molar-refractivity contribution >= 4 is 39.5 Å². The van der Waals surface area contributed by atoms with Crippen LogP contribution < -0.4 is 0 Å². The number of allylic oxidation sites excluding steroid dienone is 24. The van der Waals surface area contributed by atoms with Gasteiger partial charge in [0.2, 0.25) is 0 Å². The van der Waals surface area contributed by atoms with Gasteiger partial charge in [-0.1, -0.05) is 270 Å². The summed E-state index contributed by atoms with van der Waals surface area (Å²) in [4.78, 5) is 72.8. The van der Waals surface area contributed by atoms with E-state index >= 15 is 0 Å². The summed E-state index contributed by atoms with van der Waals surface area (Å²) < 4.78 is 68.4. The van der Waals surface area contributed by atoms with Crippen LogP contribution >= 0.6 is 15.6 Å². The second-order valence-corrected chi connectivity index (χ2v) is 27.7. The Morgan fingerprint density at radius 3 is 0.840 bits per heavy atom. The van der Waals surface area contributed by atoms with Gasteiger partial charge in [0.05, 0.1) is 26.4 Å². The van der Waals surface area contributed by atoms with Crippen molar-refractivity contribution in [2.75, 3.05) is 39.6 Å². The lowest BCUT2D eigenvalue weighted by atomic mass is 10.1. The number of hydrogen-bond donors (Lipinski definition) is 3. The van der Waals surface area contributed by atoms with E-state index in [0.29, 0.717) is 32.1 Å². The molecule has 19 heteroatoms. The van der Waals surface area contributed by atoms with Crippen molar-refractivity contribution in [3.05, 3.63) is 146 Å². The molecule has 17 nitrogen and oxygen atoms in total. The van der Waals surface area contributed by atoms with Crippen molar-refractivity contribution in [1.29, 1.82) is 0 Å². The second-order valence-electron chi connectivity index (χ2n) is 24.8. The molecule has 0 aromatic heterocycles. The zero-order valence-corrected chi connectivity index (χ0v) is 63.9. The number of aliphatic hydroxyl groups excluding tert-OH is 1. The highest BCUT2D eigenvalue weighted by atomic mass is 31.2. The summed E-state index contributed by atoms with van der Waals surface area (Å²) >= 11 is 0. The first-order valence-corrected chi connectivity index (χ1v) is 41.1. The predicted molar refractivity (Wildman–Crippen MR) is 408 cm³/mol. The normalized spacial score (nSPS) is 14.8. The number of unbranched alkanes of at least 4 members (excludes halogenated alkanes) is 20. The number of phosphoric ester groups is 2. The SMILES string of the molecule is CC/C=C\C/C=C\C/C=C\C/C=C\C/C=C\CCCC(=O)OCC(COP(=O)(O)OCC(O)COP(=O)(O)OCC(COC(=O)CCCCCC/C=C\C/C=C\C/C=C\C/C=C\CC)OC(=O)CCCCCCC/C=C\C/C=C\C/C=C\CC)OC(=O)CCCCCCCCCCCCC. The van der Waals surface area contributed by atoms with Crippen molar-refractivity contribution in [1.82, 2.24) is 0 Å². The van der Waals surface area contributed by atoms with E-state index < -0.39 is 97.5 Å². The Kier molecular flexibility index (Phi) is 68.6. The van der Waals surface area contributed by atoms with Gasteiger partial charge in [0, 0.05) is 25.7 Å². The minimum absolute atomic E-state index is 0.0646. The number of phosphoric acid groups is 2. The first-order valence-electron chi connectivity index (χ1n) is 38.1. The molecule has 5 atom stereocenters. The highest BCUT2D eigenvalue weighted by molar-refractivity contribution is 7.47. The minimum Gasteiger partial charge on any atom is -0.462 e. The van der Waals surface area contributed by atoms with Crippen LogP contribution in [0.3, 0.4) is 0 Å². The van der Waals surface area contributed by atoms with Crippen LogP contribution in [-0.4, -0.2) is 96.7 Å². The van der Waals surface area contributed by atoms with Crippen LogP contribution in [-0.2, 0) is 65.4 Å². The molecule has 0 spiro atoms. The molecule has 3 N–H and O–H groups in total. The lowest BCUT2D eigenvalue weighted by molar-refractivity contribution is -0.161. The molecule has 570 valence electrons. The van der Waals surface area contributed by atoms with Gasteiger partial charge in [0.15, 0.2) is 12.2 Å². The number of carbonyl (C=O) groups excluding carboxylic acids is 4. The Morgan fingerprint density at radius 2 is 0.530 bits per heavy atom. The van der Waals surface area contributed by atoms with Crippen molar-refractivity contribution in [3.63, 3.8) is 0 Å². The third kappa shape index (κ3) is 71.3. The van der Waals surface area contributed by atoms with Crippen LogP contribution in [0.15, 0.2) is 146 Å². The largest absolute Gasteiger partial charge is 0.472 e. The molecule has 0 aliphatic heterocycles. The molecule has 0 rings (SSSR count). The molecule has 0 heterocycles. The fraction of sp³-hybridized carbons (Fsp3) is 0.654. The van der Waals surface area contributed by atoms with E-state index in [2.05, 4.69) is 161 Å². The van der Waals surface area contributed by atoms with Crippen LogP contribution in [0.25, 0.3) is 0 Å². The Bertz CT molecular complexity index is 2470. The van der Waals surface area contributed by atoms with Gasteiger partial charge in [-0.3, -0.25) is 37.3 Å². The molecule has 0 saturated carbocycles. The van der Waals surface area contributed by atoms with Gasteiger partial charge in [0.1, 0.15) is 19.3 Å². The van der Waals surface area contributed by atoms with Crippen molar-refractivity contribution in [2.45, 2.75) is 303 Å². The van der Waals surface area contributed by atoms with Crippen LogP contribution in [0.5, 0.6) is 0 Å². The summed E-state index contributed by atoms with van der Waals surface area (Å²) in [5, 5.41) is 10.6. The topological polar surface area (TPSA) is 237 Å². The van der Waals surface area contributed by atoms with E-state index in [1.165, 1.54) is 38.5 Å². The summed E-state index contributed by atoms with van der Waals surface area (Å²) in [5.74, 6) is -2.29. The van der Waals surface area contributed by atoms with Crippen LogP contribution in [0.1, 0.15) is 285 Å². The van der Waals surface area contributed by atoms with E-state index in [9.17, 15) is 43.2 Å². The summed E-state index contributed by atoms with van der Waals surface area (Å²) in [6.45, 7) is 4.40. The maximum atomic E-state index is 13.1. The van der Waals surface area contributed by atoms with Gasteiger partial charge in [-0.2, -0.15) is 0 Å². The van der Waals surface area contributed by atoms with Crippen LogP contribution in [0, 0.1) is 0 Å². The molecule has 0 aromatic rings. The van der Waals surface area contributed by atoms with Crippen LogP contribution in [0.2, 0.25) is 0 Å². The first-order chi connectivity index (χ1) is 48.7. The molecule has 5 unspecified atom stereocenters. The molecule has 100 heavy (non-hydrogen) atoms. The second kappa shape index (κ2) is 72.3. The Hall–Kier alpha value is -5.06. The molecule has 0 saturated heterocycles. The van der Waals surface area contributed by atoms with Crippen molar-refractivity contribution in [2.24, 2.45) is 0 Å². The molecule has 0 aliphatic rings. The maximum Gasteiger partial charge on any atom is 0.472 e. The van der Waals surface area contributed by atoms with Gasteiger partial charge < -0.3 is 33.8 Å². The summed E-state index contributed by atoms with van der Waals surface area (Å²) in [5.41, 5.74) is 0. The molecule has 0 amide bonds. The lowest BCUT2D eigenvalue weighted by Crippen LogP contribution is -2.30. The monoisotopic (exact) mass is 1440 g/mol. The number of hydrogen-bond acceptors (Lipinski definition) is 15. The fourth-order valence-electron chi connectivity index (χ4n) is 9.61. The zero-order valence-electron chi connectivity index (χ0n) is 62.1. The Labute approximate surface area is 605 Å². The highest BCUT2D eigenvalue weighted by Crippen LogP contribution is 2.45. The molecule has 0 fully saturated rings. The van der Waals surface area contributed by atoms with E-state index in [-0.39, 0.29) is 25.7 Å². The fourth-order valence-corrected chi connectivity index (χ4v) is 11.2. The summed E-state index contributed by atoms with van der Waals surface area (Å²) in [6, 6.07) is 0.